The summed E-state index contributed by atoms with van der Waals surface area (Å²) >= 11 is 0. The molecule has 0 bridgehead atoms. The Labute approximate surface area is 120 Å². The summed E-state index contributed by atoms with van der Waals surface area (Å²) in [5.41, 5.74) is 0. The molecule has 3 N–H and O–H groups in total. The Morgan fingerprint density at radius 2 is 1.65 bits per heavy atom. The van der Waals surface area contributed by atoms with Crippen molar-refractivity contribution in [2.24, 2.45) is 5.92 Å². The van der Waals surface area contributed by atoms with E-state index in [1.165, 1.54) is 13.3 Å². The number of amides is 3. The van der Waals surface area contributed by atoms with E-state index in [0.29, 0.717) is 5.92 Å². The molecule has 0 aliphatic heterocycles. The molecule has 2 unspecified atom stereocenters. The fourth-order valence-electron chi connectivity index (χ4n) is 2.59. The van der Waals surface area contributed by atoms with E-state index in [9.17, 15) is 14.4 Å². The Kier molecular flexibility index (Phi) is 7.04. The fraction of sp³-hybridized carbons (Fsp3) is 0.786. The molecule has 0 radical (unpaired) electrons. The quantitative estimate of drug-likeness (QED) is 0.656. The Morgan fingerprint density at radius 3 is 2.30 bits per heavy atom. The van der Waals surface area contributed by atoms with Crippen LogP contribution in [0.25, 0.3) is 0 Å². The zero-order chi connectivity index (χ0) is 15.0. The monoisotopic (exact) mass is 283 g/mol. The lowest BCUT2D eigenvalue weighted by Crippen LogP contribution is -2.47. The molecule has 1 saturated carbocycles. The third kappa shape index (κ3) is 6.04. The normalized spacial score (nSPS) is 21.9. The molecule has 0 saturated heterocycles. The highest BCUT2D eigenvalue weighted by atomic mass is 16.2. The number of carbonyl (C=O) groups is 3. The lowest BCUT2D eigenvalue weighted by molar-refractivity contribution is -0.127. The van der Waals surface area contributed by atoms with Crippen LogP contribution in [0.15, 0.2) is 0 Å². The van der Waals surface area contributed by atoms with Crippen molar-refractivity contribution < 1.29 is 14.4 Å². The van der Waals surface area contributed by atoms with Gasteiger partial charge in [-0.2, -0.15) is 0 Å². The predicted molar refractivity (Wildman–Crippen MR) is 75.9 cm³/mol. The molecule has 0 aromatic rings. The van der Waals surface area contributed by atoms with E-state index in [4.69, 9.17) is 0 Å². The third-order valence-corrected chi connectivity index (χ3v) is 3.72. The van der Waals surface area contributed by atoms with Crippen LogP contribution in [0.4, 0.5) is 0 Å². The van der Waals surface area contributed by atoms with Crippen LogP contribution in [0.1, 0.15) is 46.0 Å². The van der Waals surface area contributed by atoms with Crippen LogP contribution in [0.2, 0.25) is 0 Å². The van der Waals surface area contributed by atoms with Crippen molar-refractivity contribution in [1.82, 2.24) is 16.0 Å². The molecular formula is C14H25N3O3. The highest BCUT2D eigenvalue weighted by Gasteiger charge is 2.24. The second kappa shape index (κ2) is 8.55. The Hall–Kier alpha value is -1.59. The van der Waals surface area contributed by atoms with Crippen LogP contribution >= 0.6 is 0 Å². The van der Waals surface area contributed by atoms with Crippen LogP contribution in [0.3, 0.4) is 0 Å². The van der Waals surface area contributed by atoms with Gasteiger partial charge < -0.3 is 16.0 Å². The average Bonchev–Trinajstić information content (AvgIpc) is 2.43. The summed E-state index contributed by atoms with van der Waals surface area (Å²) in [6.07, 6.45) is 5.63. The van der Waals surface area contributed by atoms with Gasteiger partial charge in [0.25, 0.3) is 0 Å². The van der Waals surface area contributed by atoms with Crippen molar-refractivity contribution in [3.63, 3.8) is 0 Å². The molecule has 1 aliphatic carbocycles. The van der Waals surface area contributed by atoms with Crippen LogP contribution in [-0.2, 0) is 14.4 Å². The molecule has 114 valence electrons. The van der Waals surface area contributed by atoms with E-state index in [1.807, 2.05) is 0 Å². The Morgan fingerprint density at radius 1 is 1.00 bits per heavy atom. The zero-order valence-corrected chi connectivity index (χ0v) is 12.3. The molecular weight excluding hydrogens is 258 g/mol. The first-order valence-electron chi connectivity index (χ1n) is 7.33. The predicted octanol–water partition coefficient (Wildman–Crippen LogP) is 0.324. The van der Waals surface area contributed by atoms with Gasteiger partial charge in [-0.25, -0.2) is 0 Å². The summed E-state index contributed by atoms with van der Waals surface area (Å²) in [7, 11) is 0. The highest BCUT2D eigenvalue weighted by molar-refractivity contribution is 5.87. The molecule has 0 aromatic carbocycles. The van der Waals surface area contributed by atoms with Gasteiger partial charge in [0.05, 0.1) is 13.1 Å². The van der Waals surface area contributed by atoms with Crippen molar-refractivity contribution in [3.8, 4) is 0 Å². The first-order valence-corrected chi connectivity index (χ1v) is 7.33. The van der Waals surface area contributed by atoms with E-state index in [2.05, 4.69) is 22.9 Å². The van der Waals surface area contributed by atoms with E-state index < -0.39 is 0 Å². The zero-order valence-electron chi connectivity index (χ0n) is 12.3. The molecule has 1 rings (SSSR count). The third-order valence-electron chi connectivity index (χ3n) is 3.72. The molecule has 6 nitrogen and oxygen atoms in total. The van der Waals surface area contributed by atoms with E-state index in [-0.39, 0.29) is 36.9 Å². The SMILES string of the molecule is CCC1CCCCC1NC(=O)CNC(=O)CNC(C)=O. The molecule has 0 heterocycles. The number of hydrogen-bond acceptors (Lipinski definition) is 3. The van der Waals surface area contributed by atoms with Crippen molar-refractivity contribution in [2.45, 2.75) is 52.0 Å². The maximum atomic E-state index is 11.8. The lowest BCUT2D eigenvalue weighted by Gasteiger charge is -2.31. The first-order chi connectivity index (χ1) is 9.52. The van der Waals surface area contributed by atoms with Gasteiger partial charge in [-0.3, -0.25) is 14.4 Å². The summed E-state index contributed by atoms with van der Waals surface area (Å²) in [5.74, 6) is -0.238. The van der Waals surface area contributed by atoms with Crippen LogP contribution in [0, 0.1) is 5.92 Å². The standard InChI is InChI=1S/C14H25N3O3/c1-3-11-6-4-5-7-12(11)17-14(20)9-16-13(19)8-15-10(2)18/h11-12H,3-9H2,1-2H3,(H,15,18)(H,16,19)(H,17,20). The molecule has 1 fully saturated rings. The van der Waals surface area contributed by atoms with Crippen molar-refractivity contribution >= 4 is 17.7 Å². The van der Waals surface area contributed by atoms with Crippen molar-refractivity contribution in [2.75, 3.05) is 13.1 Å². The van der Waals surface area contributed by atoms with Gasteiger partial charge in [-0.15, -0.1) is 0 Å². The van der Waals surface area contributed by atoms with Gasteiger partial charge in [-0.05, 0) is 18.8 Å². The molecule has 20 heavy (non-hydrogen) atoms. The number of hydrogen-bond donors (Lipinski definition) is 3. The van der Waals surface area contributed by atoms with Gasteiger partial charge in [0.1, 0.15) is 0 Å². The van der Waals surface area contributed by atoms with Gasteiger partial charge >= 0.3 is 0 Å². The molecule has 0 spiro atoms. The first kappa shape index (κ1) is 16.5. The minimum atomic E-state index is -0.356. The van der Waals surface area contributed by atoms with Gasteiger partial charge in [0, 0.05) is 13.0 Å². The number of rotatable bonds is 6. The molecule has 1 aliphatic rings. The lowest BCUT2D eigenvalue weighted by atomic mass is 9.83. The molecule has 6 heteroatoms. The molecule has 0 aromatic heterocycles. The minimum absolute atomic E-state index is 0.0364. The average molecular weight is 283 g/mol. The Bertz CT molecular complexity index is 358. The Balaban J connectivity index is 2.25. The topological polar surface area (TPSA) is 87.3 Å². The molecule has 2 atom stereocenters. The number of nitrogens with one attached hydrogen (secondary N) is 3. The molecule has 3 amide bonds. The van der Waals surface area contributed by atoms with Crippen LogP contribution < -0.4 is 16.0 Å². The van der Waals surface area contributed by atoms with E-state index in [1.54, 1.807) is 0 Å². The maximum absolute atomic E-state index is 11.8. The van der Waals surface area contributed by atoms with E-state index in [0.717, 1.165) is 25.7 Å². The van der Waals surface area contributed by atoms with Crippen LogP contribution in [0.5, 0.6) is 0 Å². The second-order valence-corrected chi connectivity index (χ2v) is 5.31. The second-order valence-electron chi connectivity index (χ2n) is 5.31. The number of carbonyl (C=O) groups excluding carboxylic acids is 3. The highest BCUT2D eigenvalue weighted by Crippen LogP contribution is 2.26. The van der Waals surface area contributed by atoms with Crippen molar-refractivity contribution in [3.05, 3.63) is 0 Å². The summed E-state index contributed by atoms with van der Waals surface area (Å²) in [6.45, 7) is 3.35. The fourth-order valence-corrected chi connectivity index (χ4v) is 2.59. The smallest absolute Gasteiger partial charge is 0.239 e. The minimum Gasteiger partial charge on any atom is -0.352 e. The summed E-state index contributed by atoms with van der Waals surface area (Å²) in [5, 5.41) is 7.88. The summed E-state index contributed by atoms with van der Waals surface area (Å²) in [4.78, 5) is 33.8. The largest absolute Gasteiger partial charge is 0.352 e. The summed E-state index contributed by atoms with van der Waals surface area (Å²) < 4.78 is 0. The maximum Gasteiger partial charge on any atom is 0.239 e. The van der Waals surface area contributed by atoms with Gasteiger partial charge in [0.15, 0.2) is 0 Å². The van der Waals surface area contributed by atoms with Gasteiger partial charge in [0.2, 0.25) is 17.7 Å². The van der Waals surface area contributed by atoms with Gasteiger partial charge in [-0.1, -0.05) is 26.2 Å². The summed E-state index contributed by atoms with van der Waals surface area (Å²) in [6, 6.07) is 0.230. The van der Waals surface area contributed by atoms with Crippen molar-refractivity contribution in [1.29, 1.82) is 0 Å². The van der Waals surface area contributed by atoms with E-state index >= 15 is 0 Å². The van der Waals surface area contributed by atoms with Crippen LogP contribution in [-0.4, -0.2) is 36.9 Å².